The van der Waals surface area contributed by atoms with Gasteiger partial charge in [-0.3, -0.25) is 9.78 Å². The van der Waals surface area contributed by atoms with Gasteiger partial charge in [-0.1, -0.05) is 0 Å². The van der Waals surface area contributed by atoms with Gasteiger partial charge in [-0.15, -0.1) is 0 Å². The first kappa shape index (κ1) is 12.4. The van der Waals surface area contributed by atoms with Crippen LogP contribution in [0.1, 0.15) is 10.4 Å². The number of nitrogens with zero attached hydrogens (tertiary/aromatic N) is 4. The number of nitrogens with one attached hydrogen (secondary N) is 1. The molecule has 0 atom stereocenters. The summed E-state index contributed by atoms with van der Waals surface area (Å²) in [7, 11) is 0. The molecule has 0 aliphatic heterocycles. The van der Waals surface area contributed by atoms with Gasteiger partial charge >= 0.3 is 0 Å². The van der Waals surface area contributed by atoms with Crippen molar-refractivity contribution in [1.82, 2.24) is 24.9 Å². The minimum atomic E-state index is -0.419. The Balaban J connectivity index is 0.000000141. The van der Waals surface area contributed by atoms with Crippen LogP contribution < -0.4 is 11.5 Å². The van der Waals surface area contributed by atoms with Crippen LogP contribution in [0.4, 0.5) is 5.82 Å². The first-order valence-electron chi connectivity index (χ1n) is 5.28. The third-order valence-corrected chi connectivity index (χ3v) is 2.22. The molecule has 3 aromatic heterocycles. The normalized spacial score (nSPS) is 9.68. The van der Waals surface area contributed by atoms with Crippen molar-refractivity contribution in [2.75, 3.05) is 5.73 Å². The maximum atomic E-state index is 10.4. The number of carbonyl (C=O) groups excluding carboxylic acids is 1. The second kappa shape index (κ2) is 5.54. The molecule has 0 aromatic carbocycles. The van der Waals surface area contributed by atoms with Gasteiger partial charge in [0, 0.05) is 18.0 Å². The lowest BCUT2D eigenvalue weighted by atomic mass is 10.3. The number of nitrogen functional groups attached to an aromatic ring is 1. The first-order valence-corrected chi connectivity index (χ1v) is 5.28. The fourth-order valence-electron chi connectivity index (χ4n) is 1.30. The first-order chi connectivity index (χ1) is 9.18. The molecule has 0 aliphatic rings. The van der Waals surface area contributed by atoms with Crippen LogP contribution in [0.15, 0.2) is 37.2 Å². The number of rotatable bonds is 1. The number of pyridine rings is 1. The van der Waals surface area contributed by atoms with Crippen LogP contribution in [0.25, 0.3) is 11.2 Å². The molecule has 8 nitrogen and oxygen atoms in total. The van der Waals surface area contributed by atoms with Crippen molar-refractivity contribution < 1.29 is 4.79 Å². The van der Waals surface area contributed by atoms with Gasteiger partial charge in [-0.05, 0) is 12.1 Å². The van der Waals surface area contributed by atoms with E-state index in [0.717, 1.165) is 0 Å². The number of hydrogen-bond acceptors (Lipinski definition) is 6. The quantitative estimate of drug-likeness (QED) is 0.566. The highest BCUT2D eigenvalue weighted by Gasteiger charge is 1.99. The molecule has 3 rings (SSSR count). The second-order valence-electron chi connectivity index (χ2n) is 3.46. The lowest BCUT2D eigenvalue weighted by Crippen LogP contribution is -2.10. The number of fused-ring (bicyclic) bond motifs is 1. The molecule has 19 heavy (non-hydrogen) atoms. The Hall–Kier alpha value is -3.03. The highest BCUT2D eigenvalue weighted by Crippen LogP contribution is 2.09. The van der Waals surface area contributed by atoms with Crippen molar-refractivity contribution in [2.24, 2.45) is 5.73 Å². The van der Waals surface area contributed by atoms with Gasteiger partial charge in [0.15, 0.2) is 11.5 Å². The van der Waals surface area contributed by atoms with Crippen LogP contribution in [0, 0.1) is 0 Å². The van der Waals surface area contributed by atoms with Crippen LogP contribution in [0.3, 0.4) is 0 Å². The van der Waals surface area contributed by atoms with E-state index < -0.39 is 5.91 Å². The monoisotopic (exact) mass is 257 g/mol. The topological polar surface area (TPSA) is 136 Å². The van der Waals surface area contributed by atoms with Crippen molar-refractivity contribution in [1.29, 1.82) is 0 Å². The number of aromatic amines is 1. The Morgan fingerprint density at radius 2 is 1.89 bits per heavy atom. The molecule has 3 heterocycles. The third-order valence-electron chi connectivity index (χ3n) is 2.22. The van der Waals surface area contributed by atoms with E-state index in [-0.39, 0.29) is 0 Å². The number of primary amides is 1. The molecule has 0 radical (unpaired) electrons. The summed E-state index contributed by atoms with van der Waals surface area (Å²) in [6.07, 6.45) is 5.98. The van der Waals surface area contributed by atoms with E-state index in [1.165, 1.54) is 25.0 Å². The molecule has 1 amide bonds. The average molecular weight is 257 g/mol. The highest BCUT2D eigenvalue weighted by atomic mass is 16.1. The smallest absolute Gasteiger partial charge is 0.248 e. The molecule has 0 unspecified atom stereocenters. The summed E-state index contributed by atoms with van der Waals surface area (Å²) in [6, 6.07) is 3.14. The summed E-state index contributed by atoms with van der Waals surface area (Å²) in [4.78, 5) is 28.5. The maximum Gasteiger partial charge on any atom is 0.248 e. The third kappa shape index (κ3) is 3.00. The van der Waals surface area contributed by atoms with Gasteiger partial charge in [0.1, 0.15) is 11.8 Å². The predicted octanol–water partition coefficient (Wildman–Crippen LogP) is 0.116. The predicted molar refractivity (Wildman–Crippen MR) is 68.9 cm³/mol. The second-order valence-corrected chi connectivity index (χ2v) is 3.46. The average Bonchev–Trinajstić information content (AvgIpc) is 2.90. The molecule has 0 fully saturated rings. The van der Waals surface area contributed by atoms with Crippen molar-refractivity contribution in [3.05, 3.63) is 42.7 Å². The summed E-state index contributed by atoms with van der Waals surface area (Å²) < 4.78 is 0. The largest absolute Gasteiger partial charge is 0.382 e. The molecule has 0 bridgehead atoms. The fourth-order valence-corrected chi connectivity index (χ4v) is 1.30. The lowest BCUT2D eigenvalue weighted by Gasteiger charge is -1.89. The molecular formula is C11H11N7O. The number of anilines is 1. The van der Waals surface area contributed by atoms with Crippen LogP contribution in [-0.4, -0.2) is 30.8 Å². The van der Waals surface area contributed by atoms with E-state index in [1.807, 2.05) is 0 Å². The SMILES string of the molecule is NC(=O)c1ccncc1.Nc1ncnc2nc[nH]c12. The molecule has 3 aromatic rings. The van der Waals surface area contributed by atoms with Crippen LogP contribution in [0.2, 0.25) is 0 Å². The number of amides is 1. The summed E-state index contributed by atoms with van der Waals surface area (Å²) >= 11 is 0. The minimum Gasteiger partial charge on any atom is -0.382 e. The van der Waals surface area contributed by atoms with E-state index in [0.29, 0.717) is 22.5 Å². The van der Waals surface area contributed by atoms with Gasteiger partial charge in [-0.25, -0.2) is 15.0 Å². The van der Waals surface area contributed by atoms with Gasteiger partial charge in [-0.2, -0.15) is 0 Å². The van der Waals surface area contributed by atoms with Crippen molar-refractivity contribution in [3.63, 3.8) is 0 Å². The standard InChI is InChI=1S/C6H6N2O.C5H5N5/c7-6(9)5-1-3-8-4-2-5;6-4-3-5(9-1-7-3)10-2-8-4/h1-4H,(H2,7,9);1-2H,(H3,6,7,8,9,10). The van der Waals surface area contributed by atoms with Crippen LogP contribution >= 0.6 is 0 Å². The molecular weight excluding hydrogens is 246 g/mol. The number of nitrogens with two attached hydrogens (primary N) is 2. The van der Waals surface area contributed by atoms with E-state index in [1.54, 1.807) is 12.1 Å². The minimum absolute atomic E-state index is 0.419. The van der Waals surface area contributed by atoms with Gasteiger partial charge in [0.05, 0.1) is 6.33 Å². The molecule has 0 aliphatic carbocycles. The number of H-pyrrole nitrogens is 1. The van der Waals surface area contributed by atoms with Crippen LogP contribution in [-0.2, 0) is 0 Å². The zero-order valence-electron chi connectivity index (χ0n) is 9.82. The molecule has 5 N–H and O–H groups in total. The molecule has 0 saturated carbocycles. The number of aromatic nitrogens is 5. The molecule has 96 valence electrons. The molecule has 8 heteroatoms. The highest BCUT2D eigenvalue weighted by molar-refractivity contribution is 5.92. The number of imidazole rings is 1. The fraction of sp³-hybridized carbons (Fsp3) is 0. The Morgan fingerprint density at radius 3 is 2.47 bits per heavy atom. The number of hydrogen-bond donors (Lipinski definition) is 3. The van der Waals surface area contributed by atoms with Crippen molar-refractivity contribution in [2.45, 2.75) is 0 Å². The Morgan fingerprint density at radius 1 is 1.16 bits per heavy atom. The maximum absolute atomic E-state index is 10.4. The zero-order chi connectivity index (χ0) is 13.7. The van der Waals surface area contributed by atoms with Gasteiger partial charge in [0.25, 0.3) is 0 Å². The number of carbonyl (C=O) groups is 1. The van der Waals surface area contributed by atoms with Gasteiger partial charge in [0.2, 0.25) is 5.91 Å². The van der Waals surface area contributed by atoms with Crippen LogP contribution in [0.5, 0.6) is 0 Å². The van der Waals surface area contributed by atoms with E-state index in [9.17, 15) is 4.79 Å². The summed E-state index contributed by atoms with van der Waals surface area (Å²) in [6.45, 7) is 0. The van der Waals surface area contributed by atoms with Gasteiger partial charge < -0.3 is 16.5 Å². The summed E-state index contributed by atoms with van der Waals surface area (Å²) in [5.41, 5.74) is 12.2. The molecule has 0 spiro atoms. The van der Waals surface area contributed by atoms with Crippen molar-refractivity contribution in [3.8, 4) is 0 Å². The Labute approximate surface area is 107 Å². The van der Waals surface area contributed by atoms with E-state index >= 15 is 0 Å². The molecule has 0 saturated heterocycles. The van der Waals surface area contributed by atoms with E-state index in [2.05, 4.69) is 24.9 Å². The Kier molecular flexibility index (Phi) is 3.62. The Bertz CT molecular complexity index is 680. The van der Waals surface area contributed by atoms with Crippen molar-refractivity contribution >= 4 is 22.9 Å². The summed E-state index contributed by atoms with van der Waals surface area (Å²) in [5, 5.41) is 0. The lowest BCUT2D eigenvalue weighted by molar-refractivity contribution is 0.1000. The summed E-state index contributed by atoms with van der Waals surface area (Å²) in [5.74, 6) is 0.0138. The van der Waals surface area contributed by atoms with E-state index in [4.69, 9.17) is 11.5 Å². The zero-order valence-corrected chi connectivity index (χ0v) is 9.82.